The summed E-state index contributed by atoms with van der Waals surface area (Å²) in [7, 11) is 0. The second-order valence-electron chi connectivity index (χ2n) is 7.44. The number of nitrogens with zero attached hydrogens (tertiary/aromatic N) is 2. The van der Waals surface area contributed by atoms with Gasteiger partial charge in [0.1, 0.15) is 23.7 Å². The van der Waals surface area contributed by atoms with Crippen LogP contribution >= 0.6 is 0 Å². The first-order chi connectivity index (χ1) is 13.6. The number of ether oxygens (including phenoxy) is 1. The van der Waals surface area contributed by atoms with Gasteiger partial charge in [0.2, 0.25) is 5.91 Å². The van der Waals surface area contributed by atoms with E-state index in [1.165, 1.54) is 5.56 Å². The van der Waals surface area contributed by atoms with Crippen molar-refractivity contribution in [3.8, 4) is 5.75 Å². The second-order valence-corrected chi connectivity index (χ2v) is 7.44. The van der Waals surface area contributed by atoms with Crippen LogP contribution in [-0.2, 0) is 11.4 Å². The van der Waals surface area contributed by atoms with E-state index in [2.05, 4.69) is 36.1 Å². The zero-order valence-electron chi connectivity index (χ0n) is 16.1. The number of carbonyl (C=O) groups is 1. The Labute approximate surface area is 165 Å². The molecule has 0 bridgehead atoms. The van der Waals surface area contributed by atoms with E-state index in [-0.39, 0.29) is 11.8 Å². The second kappa shape index (κ2) is 7.89. The number of anilines is 1. The lowest BCUT2D eigenvalue weighted by Crippen LogP contribution is -2.38. The van der Waals surface area contributed by atoms with E-state index in [1.54, 1.807) is 0 Å². The summed E-state index contributed by atoms with van der Waals surface area (Å²) in [5, 5.41) is 1.05. The number of benzene rings is 2. The normalized spacial score (nSPS) is 15.0. The molecular weight excluding hydrogens is 350 g/mol. The number of hydrogen-bond acceptors (Lipinski definition) is 4. The quantitative estimate of drug-likeness (QED) is 0.736. The number of pyridine rings is 1. The maximum absolute atomic E-state index is 11.4. The summed E-state index contributed by atoms with van der Waals surface area (Å²) in [4.78, 5) is 18.5. The van der Waals surface area contributed by atoms with Crippen LogP contribution < -0.4 is 15.4 Å². The van der Waals surface area contributed by atoms with E-state index in [1.807, 2.05) is 30.3 Å². The Balaban J connectivity index is 1.55. The molecule has 0 saturated carbocycles. The molecule has 2 N–H and O–H groups in total. The number of para-hydroxylation sites is 1. The van der Waals surface area contributed by atoms with Gasteiger partial charge in [-0.1, -0.05) is 42.0 Å². The van der Waals surface area contributed by atoms with Crippen molar-refractivity contribution in [2.45, 2.75) is 26.4 Å². The minimum absolute atomic E-state index is 0.0232. The summed E-state index contributed by atoms with van der Waals surface area (Å²) < 4.78 is 6.11. The molecule has 0 unspecified atom stereocenters. The van der Waals surface area contributed by atoms with Crippen molar-refractivity contribution in [3.05, 3.63) is 65.7 Å². The van der Waals surface area contributed by atoms with Crippen LogP contribution in [0.2, 0.25) is 0 Å². The van der Waals surface area contributed by atoms with Gasteiger partial charge in [0.15, 0.2) is 0 Å². The molecule has 28 heavy (non-hydrogen) atoms. The van der Waals surface area contributed by atoms with Crippen LogP contribution in [0.5, 0.6) is 5.75 Å². The van der Waals surface area contributed by atoms with Gasteiger partial charge in [-0.05, 0) is 43.5 Å². The highest BCUT2D eigenvalue weighted by molar-refractivity contribution is 5.86. The molecule has 3 aromatic rings. The van der Waals surface area contributed by atoms with Gasteiger partial charge >= 0.3 is 0 Å². The maximum Gasteiger partial charge on any atom is 0.220 e. The van der Waals surface area contributed by atoms with E-state index in [0.29, 0.717) is 6.61 Å². The summed E-state index contributed by atoms with van der Waals surface area (Å²) in [5.74, 6) is 1.48. The molecular formula is C23H25N3O2. The summed E-state index contributed by atoms with van der Waals surface area (Å²) >= 11 is 0. The van der Waals surface area contributed by atoms with E-state index in [0.717, 1.165) is 54.0 Å². The average molecular weight is 375 g/mol. The topological polar surface area (TPSA) is 68.5 Å². The van der Waals surface area contributed by atoms with Crippen molar-refractivity contribution in [1.29, 1.82) is 0 Å². The number of aromatic nitrogens is 1. The molecule has 1 amide bonds. The number of aryl methyl sites for hydroxylation is 1. The van der Waals surface area contributed by atoms with Gasteiger partial charge in [-0.2, -0.15) is 0 Å². The Bertz CT molecular complexity index is 994. The summed E-state index contributed by atoms with van der Waals surface area (Å²) in [6.45, 7) is 4.17. The molecule has 144 valence electrons. The molecule has 0 aliphatic carbocycles. The molecule has 5 heteroatoms. The van der Waals surface area contributed by atoms with Crippen LogP contribution in [-0.4, -0.2) is 24.0 Å². The molecule has 5 nitrogen and oxygen atoms in total. The van der Waals surface area contributed by atoms with Gasteiger partial charge in [0.05, 0.1) is 0 Å². The number of piperidine rings is 1. The molecule has 1 saturated heterocycles. The smallest absolute Gasteiger partial charge is 0.220 e. The first kappa shape index (κ1) is 18.3. The van der Waals surface area contributed by atoms with Crippen molar-refractivity contribution in [3.63, 3.8) is 0 Å². The number of fused-ring (bicyclic) bond motifs is 1. The van der Waals surface area contributed by atoms with Gasteiger partial charge < -0.3 is 15.4 Å². The van der Waals surface area contributed by atoms with Crippen LogP contribution in [0.25, 0.3) is 10.9 Å². The van der Waals surface area contributed by atoms with Crippen molar-refractivity contribution in [2.24, 2.45) is 11.7 Å². The van der Waals surface area contributed by atoms with Gasteiger partial charge in [-0.15, -0.1) is 0 Å². The van der Waals surface area contributed by atoms with Crippen LogP contribution in [0, 0.1) is 12.8 Å². The third-order valence-electron chi connectivity index (χ3n) is 5.37. The monoisotopic (exact) mass is 375 g/mol. The zero-order chi connectivity index (χ0) is 19.5. The summed E-state index contributed by atoms with van der Waals surface area (Å²) in [6, 6.07) is 18.5. The minimum atomic E-state index is -0.196. The van der Waals surface area contributed by atoms with E-state index in [4.69, 9.17) is 15.5 Å². The molecule has 1 aliphatic heterocycles. The predicted molar refractivity (Wildman–Crippen MR) is 111 cm³/mol. The Morgan fingerprint density at radius 1 is 1.14 bits per heavy atom. The summed E-state index contributed by atoms with van der Waals surface area (Å²) in [6.07, 6.45) is 1.56. The fraction of sp³-hybridized carbons (Fsp3) is 0.304. The lowest BCUT2D eigenvalue weighted by molar-refractivity contribution is -0.122. The van der Waals surface area contributed by atoms with E-state index >= 15 is 0 Å². The van der Waals surface area contributed by atoms with Crippen LogP contribution in [0.1, 0.15) is 24.0 Å². The van der Waals surface area contributed by atoms with Crippen LogP contribution in [0.3, 0.4) is 0 Å². The van der Waals surface area contributed by atoms with Crippen LogP contribution in [0.15, 0.2) is 54.6 Å². The van der Waals surface area contributed by atoms with Gasteiger partial charge in [-0.25, -0.2) is 4.98 Å². The van der Waals surface area contributed by atoms with Crippen LogP contribution in [0.4, 0.5) is 5.82 Å². The lowest BCUT2D eigenvalue weighted by atomic mass is 9.96. The molecule has 0 atom stereocenters. The molecule has 2 heterocycles. The molecule has 2 aromatic carbocycles. The Morgan fingerprint density at radius 3 is 2.68 bits per heavy atom. The van der Waals surface area contributed by atoms with Gasteiger partial charge in [-0.3, -0.25) is 4.79 Å². The zero-order valence-corrected chi connectivity index (χ0v) is 16.1. The van der Waals surface area contributed by atoms with Crippen molar-refractivity contribution in [2.75, 3.05) is 18.0 Å². The largest absolute Gasteiger partial charge is 0.487 e. The number of primary amides is 1. The van der Waals surface area contributed by atoms with E-state index < -0.39 is 0 Å². The first-order valence-electron chi connectivity index (χ1n) is 9.72. The highest BCUT2D eigenvalue weighted by atomic mass is 16.5. The third kappa shape index (κ3) is 3.93. The summed E-state index contributed by atoms with van der Waals surface area (Å²) in [5.41, 5.74) is 8.67. The molecule has 1 aromatic heterocycles. The van der Waals surface area contributed by atoms with E-state index in [9.17, 15) is 4.79 Å². The number of rotatable bonds is 5. The minimum Gasteiger partial charge on any atom is -0.487 e. The number of nitrogens with two attached hydrogens (primary N) is 1. The SMILES string of the molecule is Cc1cccc(COc2cccc3ccc(N4CCC(C(N)=O)CC4)nc23)c1. The van der Waals surface area contributed by atoms with Crippen molar-refractivity contribution < 1.29 is 9.53 Å². The molecule has 0 radical (unpaired) electrons. The molecule has 4 rings (SSSR count). The molecule has 0 spiro atoms. The lowest BCUT2D eigenvalue weighted by Gasteiger charge is -2.31. The number of hydrogen-bond donors (Lipinski definition) is 1. The average Bonchev–Trinajstić information content (AvgIpc) is 2.72. The first-order valence-corrected chi connectivity index (χ1v) is 9.72. The highest BCUT2D eigenvalue weighted by Crippen LogP contribution is 2.29. The highest BCUT2D eigenvalue weighted by Gasteiger charge is 2.24. The molecule has 1 aliphatic rings. The number of carbonyl (C=O) groups excluding carboxylic acids is 1. The predicted octanol–water partition coefficient (Wildman–Crippen LogP) is 3.82. The Morgan fingerprint density at radius 2 is 1.93 bits per heavy atom. The Kier molecular flexibility index (Phi) is 5.15. The molecule has 1 fully saturated rings. The fourth-order valence-corrected chi connectivity index (χ4v) is 3.76. The number of amides is 1. The van der Waals surface area contributed by atoms with Gasteiger partial charge in [0.25, 0.3) is 0 Å². The maximum atomic E-state index is 11.4. The fourth-order valence-electron chi connectivity index (χ4n) is 3.76. The van der Waals surface area contributed by atoms with Crippen molar-refractivity contribution >= 4 is 22.6 Å². The van der Waals surface area contributed by atoms with Crippen molar-refractivity contribution in [1.82, 2.24) is 4.98 Å². The van der Waals surface area contributed by atoms with Gasteiger partial charge in [0, 0.05) is 24.4 Å². The third-order valence-corrected chi connectivity index (χ3v) is 5.37. The standard InChI is InChI=1S/C23H25N3O2/c1-16-4-2-5-17(14-16)15-28-20-7-3-6-18-8-9-21(25-22(18)20)26-12-10-19(11-13-26)23(24)27/h2-9,14,19H,10-13,15H2,1H3,(H2,24,27). The Hall–Kier alpha value is -3.08.